The van der Waals surface area contributed by atoms with E-state index >= 15 is 0 Å². The van der Waals surface area contributed by atoms with Crippen molar-refractivity contribution in [1.82, 2.24) is 0 Å². The van der Waals surface area contributed by atoms with Gasteiger partial charge in [-0.05, 0) is 54.5 Å². The van der Waals surface area contributed by atoms with Gasteiger partial charge in [0.25, 0.3) is 0 Å². The number of carboxylic acids is 1. The van der Waals surface area contributed by atoms with Crippen LogP contribution in [-0.4, -0.2) is 11.1 Å². The highest BCUT2D eigenvalue weighted by Gasteiger charge is 2.21. The first-order valence-corrected chi connectivity index (χ1v) is 7.49. The molecule has 0 amide bonds. The second-order valence-corrected chi connectivity index (χ2v) is 6.00. The predicted molar refractivity (Wildman–Crippen MR) is 81.4 cm³/mol. The Morgan fingerprint density at radius 3 is 3.05 bits per heavy atom. The lowest BCUT2D eigenvalue weighted by Gasteiger charge is -2.25. The normalized spacial score (nSPS) is 17.5. The molecule has 20 heavy (non-hydrogen) atoms. The molecule has 2 aromatic rings. The van der Waals surface area contributed by atoms with Crippen LogP contribution in [0, 0.1) is 0 Å². The fourth-order valence-corrected chi connectivity index (χ4v) is 3.66. The molecule has 1 heterocycles. The first-order valence-electron chi connectivity index (χ1n) is 6.61. The highest BCUT2D eigenvalue weighted by molar-refractivity contribution is 7.10. The molecule has 0 saturated carbocycles. The first kappa shape index (κ1) is 13.0. The molecule has 1 unspecified atom stereocenters. The lowest BCUT2D eigenvalue weighted by Crippen LogP contribution is -2.16. The van der Waals surface area contributed by atoms with Crippen LogP contribution >= 0.6 is 11.3 Å². The topological polar surface area (TPSA) is 75.3 Å². The molecule has 4 N–H and O–H groups in total. The summed E-state index contributed by atoms with van der Waals surface area (Å²) in [6.45, 7) is 0. The molecular formula is C15H16N2O2S. The van der Waals surface area contributed by atoms with Gasteiger partial charge in [-0.1, -0.05) is 0 Å². The monoisotopic (exact) mass is 288 g/mol. The standard InChI is InChI=1S/C15H16N2O2S/c16-12-5-4-9(8-11(12)15(18)19)17-13-2-1-3-14-10(13)6-7-20-14/h4-8,13,17H,1-3,16H2,(H,18,19). The third-order valence-electron chi connectivity index (χ3n) is 3.68. The van der Waals surface area contributed by atoms with Crippen molar-refractivity contribution in [3.8, 4) is 0 Å². The van der Waals surface area contributed by atoms with Crippen molar-refractivity contribution < 1.29 is 9.90 Å². The minimum Gasteiger partial charge on any atom is -0.478 e. The molecule has 1 aliphatic carbocycles. The summed E-state index contributed by atoms with van der Waals surface area (Å²) < 4.78 is 0. The minimum atomic E-state index is -0.994. The number of thiophene rings is 1. The Bertz CT molecular complexity index is 651. The number of anilines is 2. The number of rotatable bonds is 3. The average molecular weight is 288 g/mol. The summed E-state index contributed by atoms with van der Waals surface area (Å²) in [6, 6.07) is 7.51. The number of nitrogens with one attached hydrogen (secondary N) is 1. The zero-order valence-electron chi connectivity index (χ0n) is 10.9. The van der Waals surface area contributed by atoms with Crippen LogP contribution in [0.2, 0.25) is 0 Å². The fraction of sp³-hybridized carbons (Fsp3) is 0.267. The molecule has 0 fully saturated rings. The summed E-state index contributed by atoms with van der Waals surface area (Å²) in [7, 11) is 0. The van der Waals surface area contributed by atoms with E-state index in [9.17, 15) is 4.79 Å². The van der Waals surface area contributed by atoms with E-state index in [-0.39, 0.29) is 11.6 Å². The molecule has 0 spiro atoms. The Labute approximate surface area is 121 Å². The maximum Gasteiger partial charge on any atom is 0.337 e. The Morgan fingerprint density at radius 2 is 2.25 bits per heavy atom. The van der Waals surface area contributed by atoms with Crippen molar-refractivity contribution in [3.05, 3.63) is 45.6 Å². The summed E-state index contributed by atoms with van der Waals surface area (Å²) in [4.78, 5) is 12.6. The number of carbonyl (C=O) groups is 1. The summed E-state index contributed by atoms with van der Waals surface area (Å²) in [6.07, 6.45) is 3.37. The van der Waals surface area contributed by atoms with Gasteiger partial charge in [-0.3, -0.25) is 0 Å². The largest absolute Gasteiger partial charge is 0.478 e. The summed E-state index contributed by atoms with van der Waals surface area (Å²) in [5, 5.41) is 14.7. The summed E-state index contributed by atoms with van der Waals surface area (Å²) in [5.41, 5.74) is 8.27. The number of hydrogen-bond donors (Lipinski definition) is 3. The maximum absolute atomic E-state index is 11.1. The second kappa shape index (κ2) is 5.17. The van der Waals surface area contributed by atoms with Crippen molar-refractivity contribution in [1.29, 1.82) is 0 Å². The molecule has 0 radical (unpaired) electrons. The van der Waals surface area contributed by atoms with Gasteiger partial charge in [-0.25, -0.2) is 4.79 Å². The number of carboxylic acid groups (broad SMARTS) is 1. The summed E-state index contributed by atoms with van der Waals surface area (Å²) in [5.74, 6) is -0.994. The zero-order chi connectivity index (χ0) is 14.1. The van der Waals surface area contributed by atoms with Crippen LogP contribution < -0.4 is 11.1 Å². The number of aromatic carboxylic acids is 1. The Balaban J connectivity index is 1.86. The van der Waals surface area contributed by atoms with Crippen molar-refractivity contribution >= 4 is 28.7 Å². The molecule has 0 aliphatic heterocycles. The van der Waals surface area contributed by atoms with Gasteiger partial charge in [-0.2, -0.15) is 0 Å². The van der Waals surface area contributed by atoms with Crippen LogP contribution in [0.4, 0.5) is 11.4 Å². The van der Waals surface area contributed by atoms with E-state index in [0.717, 1.165) is 24.9 Å². The van der Waals surface area contributed by atoms with Gasteiger partial charge in [0, 0.05) is 16.3 Å². The molecule has 1 aromatic heterocycles. The number of hydrogen-bond acceptors (Lipinski definition) is 4. The van der Waals surface area contributed by atoms with E-state index in [4.69, 9.17) is 10.8 Å². The number of aryl methyl sites for hydroxylation is 1. The predicted octanol–water partition coefficient (Wildman–Crippen LogP) is 3.52. The molecule has 104 valence electrons. The van der Waals surface area contributed by atoms with E-state index in [1.807, 2.05) is 6.07 Å². The highest BCUT2D eigenvalue weighted by Crippen LogP contribution is 2.35. The zero-order valence-corrected chi connectivity index (χ0v) is 11.7. The van der Waals surface area contributed by atoms with Crippen molar-refractivity contribution in [2.24, 2.45) is 0 Å². The van der Waals surface area contributed by atoms with Crippen LogP contribution in [-0.2, 0) is 6.42 Å². The second-order valence-electron chi connectivity index (χ2n) is 5.00. The van der Waals surface area contributed by atoms with Crippen molar-refractivity contribution in [3.63, 3.8) is 0 Å². The SMILES string of the molecule is Nc1ccc(NC2CCCc3sccc32)cc1C(=O)O. The van der Waals surface area contributed by atoms with Gasteiger partial charge in [0.2, 0.25) is 0 Å². The molecule has 1 aliphatic rings. The van der Waals surface area contributed by atoms with Crippen LogP contribution in [0.15, 0.2) is 29.6 Å². The molecule has 1 atom stereocenters. The quantitative estimate of drug-likeness (QED) is 0.755. The molecule has 0 saturated heterocycles. The van der Waals surface area contributed by atoms with Gasteiger partial charge in [-0.15, -0.1) is 11.3 Å². The number of fused-ring (bicyclic) bond motifs is 1. The Morgan fingerprint density at radius 1 is 1.40 bits per heavy atom. The third-order valence-corrected chi connectivity index (χ3v) is 4.67. The van der Waals surface area contributed by atoms with Crippen molar-refractivity contribution in [2.45, 2.75) is 25.3 Å². The summed E-state index contributed by atoms with van der Waals surface area (Å²) >= 11 is 1.80. The van der Waals surface area contributed by atoms with Crippen molar-refractivity contribution in [2.75, 3.05) is 11.1 Å². The van der Waals surface area contributed by atoms with E-state index in [1.165, 1.54) is 10.4 Å². The van der Waals surface area contributed by atoms with Crippen LogP contribution in [0.5, 0.6) is 0 Å². The average Bonchev–Trinajstić information content (AvgIpc) is 2.90. The first-order chi connectivity index (χ1) is 9.65. The minimum absolute atomic E-state index is 0.149. The van der Waals surface area contributed by atoms with Gasteiger partial charge < -0.3 is 16.2 Å². The van der Waals surface area contributed by atoms with E-state index in [1.54, 1.807) is 23.5 Å². The van der Waals surface area contributed by atoms with Crippen LogP contribution in [0.1, 0.15) is 39.7 Å². The van der Waals surface area contributed by atoms with Crippen LogP contribution in [0.25, 0.3) is 0 Å². The molecule has 0 bridgehead atoms. The van der Waals surface area contributed by atoms with Crippen LogP contribution in [0.3, 0.4) is 0 Å². The highest BCUT2D eigenvalue weighted by atomic mass is 32.1. The lowest BCUT2D eigenvalue weighted by atomic mass is 9.94. The molecule has 5 heteroatoms. The van der Waals surface area contributed by atoms with Gasteiger partial charge in [0.05, 0.1) is 11.6 Å². The number of nitrogens with two attached hydrogens (primary N) is 1. The lowest BCUT2D eigenvalue weighted by molar-refractivity contribution is 0.0698. The molecule has 1 aromatic carbocycles. The Kier molecular flexibility index (Phi) is 3.36. The Hall–Kier alpha value is -2.01. The van der Waals surface area contributed by atoms with E-state index in [2.05, 4.69) is 16.8 Å². The molecule has 4 nitrogen and oxygen atoms in total. The fourth-order valence-electron chi connectivity index (χ4n) is 2.67. The maximum atomic E-state index is 11.1. The molecular weight excluding hydrogens is 272 g/mol. The smallest absolute Gasteiger partial charge is 0.337 e. The van der Waals surface area contributed by atoms with E-state index < -0.39 is 5.97 Å². The number of benzene rings is 1. The third kappa shape index (κ3) is 2.36. The molecule has 3 rings (SSSR count). The number of nitrogen functional groups attached to an aromatic ring is 1. The van der Waals surface area contributed by atoms with Gasteiger partial charge in [0.1, 0.15) is 0 Å². The van der Waals surface area contributed by atoms with Gasteiger partial charge >= 0.3 is 5.97 Å². The van der Waals surface area contributed by atoms with Gasteiger partial charge in [0.15, 0.2) is 0 Å². The van der Waals surface area contributed by atoms with E-state index in [0.29, 0.717) is 5.69 Å².